The van der Waals surface area contributed by atoms with Crippen LogP contribution in [0.15, 0.2) is 0 Å². The number of hydrogen-bond acceptors (Lipinski definition) is 7. The minimum atomic E-state index is 0.288. The second kappa shape index (κ2) is 7.84. The second-order valence-corrected chi connectivity index (χ2v) is 4.04. The Morgan fingerprint density at radius 3 is 3.00 bits per heavy atom. The van der Waals surface area contributed by atoms with E-state index in [4.69, 9.17) is 20.5 Å². The molecule has 0 aromatic carbocycles. The van der Waals surface area contributed by atoms with E-state index in [1.807, 2.05) is 6.07 Å². The van der Waals surface area contributed by atoms with Gasteiger partial charge in [-0.1, -0.05) is 0 Å². The molecule has 94 valence electrons. The Balaban J connectivity index is 2.16. The monoisotopic (exact) mass is 256 g/mol. The maximum Gasteiger partial charge on any atom is 0.157 e. The molecule has 17 heavy (non-hydrogen) atoms. The van der Waals surface area contributed by atoms with E-state index in [2.05, 4.69) is 9.69 Å². The predicted molar refractivity (Wildman–Crippen MR) is 67.0 cm³/mol. The Kier molecular flexibility index (Phi) is 6.32. The van der Waals surface area contributed by atoms with Gasteiger partial charge in [0.25, 0.3) is 0 Å². The van der Waals surface area contributed by atoms with Crippen LogP contribution < -0.4 is 11.1 Å². The maximum absolute atomic E-state index is 8.85. The molecule has 7 heteroatoms. The van der Waals surface area contributed by atoms with Crippen LogP contribution in [0, 0.1) is 11.3 Å². The highest BCUT2D eigenvalue weighted by Crippen LogP contribution is 2.25. The number of nitrogens with zero attached hydrogens (tertiary/aromatic N) is 2. The van der Waals surface area contributed by atoms with Gasteiger partial charge in [-0.3, -0.25) is 0 Å². The van der Waals surface area contributed by atoms with Gasteiger partial charge in [0.05, 0.1) is 13.2 Å². The molecule has 6 nitrogen and oxygen atoms in total. The molecule has 0 spiro atoms. The van der Waals surface area contributed by atoms with Gasteiger partial charge in [0.2, 0.25) is 0 Å². The summed E-state index contributed by atoms with van der Waals surface area (Å²) in [6, 6.07) is 2.03. The Hall–Kier alpha value is -1.36. The lowest BCUT2D eigenvalue weighted by molar-refractivity contribution is 0.0705. The molecule has 0 aliphatic rings. The molecule has 0 bridgehead atoms. The minimum absolute atomic E-state index is 0.288. The number of hydrogen-bond donors (Lipinski definition) is 2. The number of ether oxygens (including phenoxy) is 2. The minimum Gasteiger partial charge on any atom is -0.382 e. The van der Waals surface area contributed by atoms with Crippen LogP contribution in [-0.2, 0) is 9.47 Å². The van der Waals surface area contributed by atoms with Crippen LogP contribution in [0.1, 0.15) is 12.0 Å². The normalized spacial score (nSPS) is 10.1. The van der Waals surface area contributed by atoms with Gasteiger partial charge >= 0.3 is 0 Å². The highest BCUT2D eigenvalue weighted by molar-refractivity contribution is 7.10. The Labute approximate surface area is 104 Å². The summed E-state index contributed by atoms with van der Waals surface area (Å²) in [7, 11) is 1.64. The highest BCUT2D eigenvalue weighted by Gasteiger charge is 2.09. The van der Waals surface area contributed by atoms with E-state index < -0.39 is 0 Å². The molecular formula is C10H16N4O2S. The van der Waals surface area contributed by atoms with Crippen LogP contribution in [-0.4, -0.2) is 37.8 Å². The summed E-state index contributed by atoms with van der Waals surface area (Å²) >= 11 is 1.20. The maximum atomic E-state index is 8.85. The molecule has 1 heterocycles. The fraction of sp³-hybridized carbons (Fsp3) is 0.600. The van der Waals surface area contributed by atoms with E-state index in [9.17, 15) is 0 Å². The molecule has 0 radical (unpaired) electrons. The third-order valence-electron chi connectivity index (χ3n) is 2.01. The van der Waals surface area contributed by atoms with Gasteiger partial charge in [0, 0.05) is 20.3 Å². The molecule has 1 rings (SSSR count). The Bertz CT molecular complexity index is 375. The van der Waals surface area contributed by atoms with Crippen molar-refractivity contribution in [2.75, 3.05) is 44.5 Å². The molecule has 1 aromatic heterocycles. The van der Waals surface area contributed by atoms with Crippen LogP contribution in [0.2, 0.25) is 0 Å². The molecule has 0 amide bonds. The fourth-order valence-corrected chi connectivity index (χ4v) is 1.84. The molecular weight excluding hydrogens is 240 g/mol. The van der Waals surface area contributed by atoms with Crippen LogP contribution in [0.5, 0.6) is 0 Å². The van der Waals surface area contributed by atoms with Crippen molar-refractivity contribution in [1.29, 1.82) is 5.26 Å². The third kappa shape index (κ3) is 4.56. The van der Waals surface area contributed by atoms with Crippen molar-refractivity contribution < 1.29 is 9.47 Å². The average Bonchev–Trinajstić information content (AvgIpc) is 2.69. The van der Waals surface area contributed by atoms with Crippen molar-refractivity contribution in [2.45, 2.75) is 6.42 Å². The first kappa shape index (κ1) is 13.7. The first-order valence-corrected chi connectivity index (χ1v) is 6.02. The summed E-state index contributed by atoms with van der Waals surface area (Å²) in [5.41, 5.74) is 5.96. The number of nitrogen functional groups attached to an aromatic ring is 1. The predicted octanol–water partition coefficient (Wildman–Crippen LogP) is 1.06. The average molecular weight is 256 g/mol. The summed E-state index contributed by atoms with van der Waals surface area (Å²) in [4.78, 5) is 0. The van der Waals surface area contributed by atoms with Gasteiger partial charge in [-0.25, -0.2) is 0 Å². The number of rotatable bonds is 8. The molecule has 0 fully saturated rings. The number of nitriles is 1. The summed E-state index contributed by atoms with van der Waals surface area (Å²) in [5, 5.41) is 12.7. The van der Waals surface area contributed by atoms with Crippen LogP contribution in [0.25, 0.3) is 0 Å². The zero-order valence-corrected chi connectivity index (χ0v) is 10.5. The fourth-order valence-electron chi connectivity index (χ4n) is 1.15. The number of anilines is 2. The summed E-state index contributed by atoms with van der Waals surface area (Å²) in [6.07, 6.45) is 0.854. The van der Waals surface area contributed by atoms with E-state index in [1.165, 1.54) is 11.5 Å². The first-order valence-electron chi connectivity index (χ1n) is 5.25. The molecule has 0 atom stereocenters. The van der Waals surface area contributed by atoms with Crippen LogP contribution in [0.3, 0.4) is 0 Å². The van der Waals surface area contributed by atoms with Crippen molar-refractivity contribution in [2.24, 2.45) is 0 Å². The SMILES string of the molecule is COCCOCCCNc1snc(N)c1C#N. The van der Waals surface area contributed by atoms with Gasteiger partial charge in [0.15, 0.2) is 5.82 Å². The van der Waals surface area contributed by atoms with E-state index in [0.717, 1.165) is 18.0 Å². The summed E-state index contributed by atoms with van der Waals surface area (Å²) in [5.74, 6) is 0.288. The topological polar surface area (TPSA) is 93.2 Å². The van der Waals surface area contributed by atoms with Gasteiger partial charge in [0.1, 0.15) is 16.6 Å². The third-order valence-corrected chi connectivity index (χ3v) is 2.83. The van der Waals surface area contributed by atoms with E-state index in [1.54, 1.807) is 7.11 Å². The molecule has 0 aliphatic carbocycles. The lowest BCUT2D eigenvalue weighted by Crippen LogP contribution is -2.08. The molecule has 0 saturated heterocycles. The Morgan fingerprint density at radius 1 is 1.47 bits per heavy atom. The lowest BCUT2D eigenvalue weighted by atomic mass is 10.3. The van der Waals surface area contributed by atoms with Crippen LogP contribution in [0.4, 0.5) is 10.8 Å². The molecule has 0 aliphatic heterocycles. The number of aromatic nitrogens is 1. The quantitative estimate of drug-likeness (QED) is 0.676. The highest BCUT2D eigenvalue weighted by atomic mass is 32.1. The molecule has 0 saturated carbocycles. The second-order valence-electron chi connectivity index (χ2n) is 3.27. The lowest BCUT2D eigenvalue weighted by Gasteiger charge is -2.05. The molecule has 3 N–H and O–H groups in total. The zero-order valence-electron chi connectivity index (χ0n) is 9.73. The van der Waals surface area contributed by atoms with E-state index in [0.29, 0.717) is 25.4 Å². The number of nitrogens with two attached hydrogens (primary N) is 1. The largest absolute Gasteiger partial charge is 0.382 e. The van der Waals surface area contributed by atoms with Gasteiger partial charge < -0.3 is 20.5 Å². The summed E-state index contributed by atoms with van der Waals surface area (Å²) < 4.78 is 14.1. The number of nitrogens with one attached hydrogen (secondary N) is 1. The van der Waals surface area contributed by atoms with Crippen LogP contribution >= 0.6 is 11.5 Å². The molecule has 1 aromatic rings. The van der Waals surface area contributed by atoms with Gasteiger partial charge in [-0.05, 0) is 18.0 Å². The van der Waals surface area contributed by atoms with E-state index in [-0.39, 0.29) is 5.82 Å². The van der Waals surface area contributed by atoms with Crippen molar-refractivity contribution in [3.05, 3.63) is 5.56 Å². The number of methoxy groups -OCH3 is 1. The van der Waals surface area contributed by atoms with E-state index >= 15 is 0 Å². The van der Waals surface area contributed by atoms with Crippen molar-refractivity contribution >= 4 is 22.4 Å². The van der Waals surface area contributed by atoms with Gasteiger partial charge in [-0.2, -0.15) is 9.64 Å². The Morgan fingerprint density at radius 2 is 2.29 bits per heavy atom. The standard InChI is InChI=1S/C10H16N4O2S/c1-15-5-6-16-4-2-3-13-10-8(7-11)9(12)14-17-10/h13H,2-6H2,1H3,(H2,12,14). The zero-order chi connectivity index (χ0) is 12.5. The van der Waals surface area contributed by atoms with Crippen molar-refractivity contribution in [3.8, 4) is 6.07 Å². The summed E-state index contributed by atoms with van der Waals surface area (Å²) in [6.45, 7) is 2.60. The first-order chi connectivity index (χ1) is 8.29. The molecule has 0 unspecified atom stereocenters. The van der Waals surface area contributed by atoms with Crippen molar-refractivity contribution in [3.63, 3.8) is 0 Å². The smallest absolute Gasteiger partial charge is 0.157 e. The van der Waals surface area contributed by atoms with Crippen molar-refractivity contribution in [1.82, 2.24) is 4.37 Å². The van der Waals surface area contributed by atoms with Gasteiger partial charge in [-0.15, -0.1) is 0 Å².